The molecule has 1 atom stereocenters. The monoisotopic (exact) mass is 182 g/mol. The number of rotatable bonds is 6. The molecule has 0 rings (SSSR count). The zero-order valence-corrected chi connectivity index (χ0v) is 9.18. The second-order valence-electron chi connectivity index (χ2n) is 4.24. The topological polar surface area (TPSA) is 9.23 Å². The Balaban J connectivity index is 3.92. The van der Waals surface area contributed by atoms with Gasteiger partial charge in [0.15, 0.2) is 0 Å². The standard InChI is InChI=1S/C12H22O/c1-6-8-10-11(9-7-2)13-12(3,4)5/h6-7,11H,1-2,8-10H2,3-5H3. The number of hydrogen-bond acceptors (Lipinski definition) is 1. The van der Waals surface area contributed by atoms with Gasteiger partial charge in [-0.25, -0.2) is 0 Å². The first-order valence-corrected chi connectivity index (χ1v) is 4.89. The fourth-order valence-electron chi connectivity index (χ4n) is 1.21. The molecule has 0 aliphatic rings. The molecule has 1 nitrogen and oxygen atoms in total. The molecule has 0 aromatic heterocycles. The lowest BCUT2D eigenvalue weighted by Crippen LogP contribution is -2.27. The largest absolute Gasteiger partial charge is 0.372 e. The minimum atomic E-state index is -0.0607. The van der Waals surface area contributed by atoms with Crippen LogP contribution in [0.3, 0.4) is 0 Å². The van der Waals surface area contributed by atoms with Gasteiger partial charge < -0.3 is 4.74 Å². The second-order valence-corrected chi connectivity index (χ2v) is 4.24. The van der Waals surface area contributed by atoms with E-state index in [9.17, 15) is 0 Å². The summed E-state index contributed by atoms with van der Waals surface area (Å²) in [6.07, 6.45) is 7.10. The Morgan fingerprint density at radius 1 is 1.23 bits per heavy atom. The third kappa shape index (κ3) is 7.79. The molecule has 0 aliphatic carbocycles. The fourth-order valence-corrected chi connectivity index (χ4v) is 1.21. The van der Waals surface area contributed by atoms with Crippen LogP contribution in [-0.4, -0.2) is 11.7 Å². The summed E-state index contributed by atoms with van der Waals surface area (Å²) in [7, 11) is 0. The van der Waals surface area contributed by atoms with Crippen molar-refractivity contribution in [2.45, 2.75) is 51.7 Å². The molecule has 0 N–H and O–H groups in total. The predicted molar refractivity (Wildman–Crippen MR) is 58.9 cm³/mol. The van der Waals surface area contributed by atoms with E-state index in [4.69, 9.17) is 4.74 Å². The molecule has 1 heteroatoms. The normalized spacial score (nSPS) is 13.8. The molecule has 76 valence electrons. The van der Waals surface area contributed by atoms with E-state index >= 15 is 0 Å². The quantitative estimate of drug-likeness (QED) is 0.569. The lowest BCUT2D eigenvalue weighted by molar-refractivity contribution is -0.0607. The lowest BCUT2D eigenvalue weighted by Gasteiger charge is -2.26. The Labute approximate surface area is 82.5 Å². The van der Waals surface area contributed by atoms with Gasteiger partial charge in [-0.05, 0) is 40.0 Å². The number of allylic oxidation sites excluding steroid dienone is 1. The Hall–Kier alpha value is -0.560. The van der Waals surface area contributed by atoms with Gasteiger partial charge >= 0.3 is 0 Å². The minimum Gasteiger partial charge on any atom is -0.372 e. The molecule has 0 heterocycles. The van der Waals surface area contributed by atoms with Crippen molar-refractivity contribution in [3.05, 3.63) is 25.3 Å². The maximum Gasteiger partial charge on any atom is 0.0619 e. The van der Waals surface area contributed by atoms with E-state index < -0.39 is 0 Å². The van der Waals surface area contributed by atoms with Crippen molar-refractivity contribution in [1.82, 2.24) is 0 Å². The molecular formula is C12H22O. The molecular weight excluding hydrogens is 160 g/mol. The second kappa shape index (κ2) is 5.98. The number of hydrogen-bond donors (Lipinski definition) is 0. The van der Waals surface area contributed by atoms with E-state index in [0.29, 0.717) is 0 Å². The maximum absolute atomic E-state index is 5.86. The van der Waals surface area contributed by atoms with Gasteiger partial charge in [-0.1, -0.05) is 12.2 Å². The predicted octanol–water partition coefficient (Wildman–Crippen LogP) is 3.71. The van der Waals surface area contributed by atoms with Crippen LogP contribution in [0.15, 0.2) is 25.3 Å². The molecule has 0 saturated carbocycles. The van der Waals surface area contributed by atoms with Crippen LogP contribution >= 0.6 is 0 Å². The van der Waals surface area contributed by atoms with Crippen molar-refractivity contribution in [3.63, 3.8) is 0 Å². The summed E-state index contributed by atoms with van der Waals surface area (Å²) in [5, 5.41) is 0. The Morgan fingerprint density at radius 2 is 1.85 bits per heavy atom. The summed E-state index contributed by atoms with van der Waals surface area (Å²) >= 11 is 0. The first-order valence-electron chi connectivity index (χ1n) is 4.89. The van der Waals surface area contributed by atoms with Crippen LogP contribution in [0.25, 0.3) is 0 Å². The van der Waals surface area contributed by atoms with Gasteiger partial charge in [0.1, 0.15) is 0 Å². The molecule has 0 aromatic rings. The van der Waals surface area contributed by atoms with Crippen molar-refractivity contribution in [2.75, 3.05) is 0 Å². The van der Waals surface area contributed by atoms with Crippen LogP contribution in [-0.2, 0) is 4.74 Å². The van der Waals surface area contributed by atoms with E-state index in [2.05, 4.69) is 33.9 Å². The van der Waals surface area contributed by atoms with E-state index in [1.54, 1.807) is 0 Å². The van der Waals surface area contributed by atoms with Crippen molar-refractivity contribution in [1.29, 1.82) is 0 Å². The molecule has 0 radical (unpaired) electrons. The zero-order valence-electron chi connectivity index (χ0n) is 9.18. The summed E-state index contributed by atoms with van der Waals surface area (Å²) in [4.78, 5) is 0. The summed E-state index contributed by atoms with van der Waals surface area (Å²) in [6, 6.07) is 0. The molecule has 0 saturated heterocycles. The Kier molecular flexibility index (Phi) is 5.72. The highest BCUT2D eigenvalue weighted by molar-refractivity contribution is 4.78. The van der Waals surface area contributed by atoms with Gasteiger partial charge in [-0.15, -0.1) is 13.2 Å². The first kappa shape index (κ1) is 12.4. The van der Waals surface area contributed by atoms with Crippen LogP contribution in [0.5, 0.6) is 0 Å². The van der Waals surface area contributed by atoms with Crippen LogP contribution in [0.1, 0.15) is 40.0 Å². The lowest BCUT2D eigenvalue weighted by atomic mass is 10.1. The van der Waals surface area contributed by atoms with Gasteiger partial charge in [-0.2, -0.15) is 0 Å². The van der Waals surface area contributed by atoms with E-state index in [1.165, 1.54) is 0 Å². The molecule has 0 fully saturated rings. The number of ether oxygens (including phenoxy) is 1. The average molecular weight is 182 g/mol. The molecule has 1 unspecified atom stereocenters. The average Bonchev–Trinajstić information content (AvgIpc) is 1.98. The maximum atomic E-state index is 5.86. The molecule has 0 bridgehead atoms. The summed E-state index contributed by atoms with van der Waals surface area (Å²) in [5.74, 6) is 0. The van der Waals surface area contributed by atoms with Crippen molar-refractivity contribution in [2.24, 2.45) is 0 Å². The third-order valence-electron chi connectivity index (χ3n) is 1.64. The van der Waals surface area contributed by atoms with Gasteiger partial charge in [0, 0.05) is 0 Å². The van der Waals surface area contributed by atoms with E-state index in [1.807, 2.05) is 12.2 Å². The highest BCUT2D eigenvalue weighted by Crippen LogP contribution is 2.17. The fraction of sp³-hybridized carbons (Fsp3) is 0.667. The van der Waals surface area contributed by atoms with E-state index in [0.717, 1.165) is 19.3 Å². The molecule has 0 aliphatic heterocycles. The molecule has 0 aromatic carbocycles. The van der Waals surface area contributed by atoms with Crippen LogP contribution in [0.4, 0.5) is 0 Å². The molecule has 0 amide bonds. The molecule has 0 spiro atoms. The van der Waals surface area contributed by atoms with Crippen LogP contribution in [0, 0.1) is 0 Å². The smallest absolute Gasteiger partial charge is 0.0619 e. The molecule has 13 heavy (non-hydrogen) atoms. The van der Waals surface area contributed by atoms with Crippen LogP contribution in [0.2, 0.25) is 0 Å². The first-order chi connectivity index (χ1) is 5.99. The van der Waals surface area contributed by atoms with Crippen molar-refractivity contribution >= 4 is 0 Å². The summed E-state index contributed by atoms with van der Waals surface area (Å²) < 4.78 is 5.86. The van der Waals surface area contributed by atoms with Gasteiger partial charge in [-0.3, -0.25) is 0 Å². The SMILES string of the molecule is C=CCCC(CC=C)OC(C)(C)C. The highest BCUT2D eigenvalue weighted by atomic mass is 16.5. The Bertz CT molecular complexity index is 153. The summed E-state index contributed by atoms with van der Waals surface area (Å²) in [6.45, 7) is 13.7. The van der Waals surface area contributed by atoms with Crippen molar-refractivity contribution in [3.8, 4) is 0 Å². The summed E-state index contributed by atoms with van der Waals surface area (Å²) in [5.41, 5.74) is -0.0607. The van der Waals surface area contributed by atoms with E-state index in [-0.39, 0.29) is 11.7 Å². The van der Waals surface area contributed by atoms with Gasteiger partial charge in [0.2, 0.25) is 0 Å². The van der Waals surface area contributed by atoms with Gasteiger partial charge in [0.25, 0.3) is 0 Å². The third-order valence-corrected chi connectivity index (χ3v) is 1.64. The minimum absolute atomic E-state index is 0.0607. The zero-order chi connectivity index (χ0) is 10.3. The van der Waals surface area contributed by atoms with Crippen molar-refractivity contribution < 1.29 is 4.74 Å². The highest BCUT2D eigenvalue weighted by Gasteiger charge is 2.16. The Morgan fingerprint density at radius 3 is 2.23 bits per heavy atom. The van der Waals surface area contributed by atoms with Gasteiger partial charge in [0.05, 0.1) is 11.7 Å². The van der Waals surface area contributed by atoms with Crippen LogP contribution < -0.4 is 0 Å².